The van der Waals surface area contributed by atoms with Gasteiger partial charge in [-0.1, -0.05) is 12.1 Å². The van der Waals surface area contributed by atoms with Gasteiger partial charge in [0.2, 0.25) is 0 Å². The molecular formula is C21H14F4N4O5. The Balaban J connectivity index is 1.97. The summed E-state index contributed by atoms with van der Waals surface area (Å²) in [6, 6.07) is 9.28. The number of nitrogens with zero attached hydrogens (tertiary/aromatic N) is 1. The van der Waals surface area contributed by atoms with E-state index in [2.05, 4.69) is 0 Å². The van der Waals surface area contributed by atoms with Gasteiger partial charge in [-0.3, -0.25) is 19.4 Å². The molecule has 0 aliphatic carbocycles. The average molecular weight is 478 g/mol. The zero-order valence-electron chi connectivity index (χ0n) is 17.1. The van der Waals surface area contributed by atoms with Crippen molar-refractivity contribution in [3.05, 3.63) is 86.3 Å². The topological polar surface area (TPSA) is 122 Å². The normalized spacial score (nSPS) is 17.1. The molecule has 0 bridgehead atoms. The lowest BCUT2D eigenvalue weighted by atomic mass is 9.91. The minimum absolute atomic E-state index is 0.0823. The summed E-state index contributed by atoms with van der Waals surface area (Å²) in [6.07, 6.45) is -5.52. The second kappa shape index (κ2) is 7.86. The zero-order chi connectivity index (χ0) is 24.8. The van der Waals surface area contributed by atoms with E-state index in [-0.39, 0.29) is 17.0 Å². The molecule has 2 heterocycles. The van der Waals surface area contributed by atoms with Crippen molar-refractivity contribution in [3.8, 4) is 11.4 Å². The van der Waals surface area contributed by atoms with Gasteiger partial charge >= 0.3 is 11.9 Å². The SMILES string of the molecule is COc1ccccc1C(=O)N[C@]1(C(F)(F)F)C(=O)Nc2c1c(=O)[nH]c(=O)n2-c1ccc(F)cc1. The van der Waals surface area contributed by atoms with Gasteiger partial charge in [0, 0.05) is 0 Å². The third kappa shape index (κ3) is 3.32. The minimum atomic E-state index is -5.52. The van der Waals surface area contributed by atoms with Crippen molar-refractivity contribution in [3.63, 3.8) is 0 Å². The number of methoxy groups -OCH3 is 1. The number of halogens is 4. The van der Waals surface area contributed by atoms with Gasteiger partial charge < -0.3 is 15.4 Å². The smallest absolute Gasteiger partial charge is 0.425 e. The lowest BCUT2D eigenvalue weighted by Gasteiger charge is -2.30. The fourth-order valence-corrected chi connectivity index (χ4v) is 3.68. The summed E-state index contributed by atoms with van der Waals surface area (Å²) in [7, 11) is 1.19. The number of carbonyl (C=O) groups is 2. The van der Waals surface area contributed by atoms with E-state index in [0.717, 1.165) is 30.3 Å². The molecule has 0 spiro atoms. The van der Waals surface area contributed by atoms with E-state index in [1.807, 2.05) is 5.32 Å². The molecule has 1 atom stereocenters. The fraction of sp³-hybridized carbons (Fsp3) is 0.143. The van der Waals surface area contributed by atoms with Crippen LogP contribution in [0.1, 0.15) is 15.9 Å². The summed E-state index contributed by atoms with van der Waals surface area (Å²) >= 11 is 0. The van der Waals surface area contributed by atoms with Crippen LogP contribution in [-0.4, -0.2) is 34.7 Å². The average Bonchev–Trinajstić information content (AvgIpc) is 3.08. The first-order chi connectivity index (χ1) is 16.0. The number of aromatic amines is 1. The third-order valence-corrected chi connectivity index (χ3v) is 5.22. The Morgan fingerprint density at radius 2 is 1.71 bits per heavy atom. The van der Waals surface area contributed by atoms with Gasteiger partial charge in [0.05, 0.1) is 18.4 Å². The van der Waals surface area contributed by atoms with E-state index in [1.165, 1.54) is 25.3 Å². The number of H-pyrrole nitrogens is 1. The Labute approximate surface area is 187 Å². The molecule has 34 heavy (non-hydrogen) atoms. The highest BCUT2D eigenvalue weighted by Crippen LogP contribution is 2.45. The van der Waals surface area contributed by atoms with Crippen molar-refractivity contribution in [2.24, 2.45) is 0 Å². The molecule has 2 aromatic carbocycles. The number of fused-ring (bicyclic) bond motifs is 1. The Morgan fingerprint density at radius 3 is 2.32 bits per heavy atom. The number of alkyl halides is 3. The molecule has 4 rings (SSSR count). The molecule has 9 nitrogen and oxygen atoms in total. The number of hydrogen-bond acceptors (Lipinski definition) is 5. The van der Waals surface area contributed by atoms with Gasteiger partial charge in [0.15, 0.2) is 0 Å². The number of anilines is 1. The Kier molecular flexibility index (Phi) is 5.26. The van der Waals surface area contributed by atoms with Crippen LogP contribution in [0, 0.1) is 5.82 Å². The van der Waals surface area contributed by atoms with E-state index in [4.69, 9.17) is 4.74 Å². The van der Waals surface area contributed by atoms with E-state index < -0.39 is 52.0 Å². The summed E-state index contributed by atoms with van der Waals surface area (Å²) in [4.78, 5) is 52.5. The summed E-state index contributed by atoms with van der Waals surface area (Å²) in [5.74, 6) is -4.78. The van der Waals surface area contributed by atoms with Crippen LogP contribution in [0.25, 0.3) is 5.69 Å². The molecule has 3 N–H and O–H groups in total. The van der Waals surface area contributed by atoms with E-state index in [1.54, 1.807) is 10.3 Å². The summed E-state index contributed by atoms with van der Waals surface area (Å²) < 4.78 is 62.3. The minimum Gasteiger partial charge on any atom is -0.496 e. The molecule has 0 saturated carbocycles. The van der Waals surface area contributed by atoms with Crippen LogP contribution in [0.2, 0.25) is 0 Å². The van der Waals surface area contributed by atoms with Gasteiger partial charge in [0.1, 0.15) is 22.9 Å². The molecule has 0 unspecified atom stereocenters. The molecule has 3 aromatic rings. The molecule has 1 aromatic heterocycles. The molecule has 0 fully saturated rings. The molecular weight excluding hydrogens is 464 g/mol. The molecule has 1 aliphatic rings. The van der Waals surface area contributed by atoms with Crippen molar-refractivity contribution >= 4 is 17.6 Å². The standard InChI is InChI=1S/C21H14F4N4O5/c1-34-13-5-3-2-4-12(13)16(30)28-20(21(23,24)25)14-15(26-18(20)32)29(19(33)27-17(14)31)11-8-6-10(22)7-9-11/h2-9H,1H3,(H,26,32)(H,28,30)(H,27,31,33)/t20-/m0/s1. The molecule has 1 aliphatic heterocycles. The Hall–Kier alpha value is -4.42. The molecule has 0 saturated heterocycles. The highest BCUT2D eigenvalue weighted by atomic mass is 19.4. The number of ether oxygens (including phenoxy) is 1. The maximum atomic E-state index is 14.5. The fourth-order valence-electron chi connectivity index (χ4n) is 3.68. The monoisotopic (exact) mass is 478 g/mol. The van der Waals surface area contributed by atoms with Gasteiger partial charge in [0.25, 0.3) is 22.9 Å². The first-order valence-corrected chi connectivity index (χ1v) is 9.50. The van der Waals surface area contributed by atoms with Crippen molar-refractivity contribution in [1.82, 2.24) is 14.9 Å². The van der Waals surface area contributed by atoms with Crippen molar-refractivity contribution in [2.45, 2.75) is 11.7 Å². The lowest BCUT2D eigenvalue weighted by molar-refractivity contribution is -0.196. The van der Waals surface area contributed by atoms with Crippen LogP contribution in [0.5, 0.6) is 5.75 Å². The van der Waals surface area contributed by atoms with Gasteiger partial charge in [-0.05, 0) is 36.4 Å². The highest BCUT2D eigenvalue weighted by molar-refractivity contribution is 6.10. The highest BCUT2D eigenvalue weighted by Gasteiger charge is 2.68. The van der Waals surface area contributed by atoms with E-state index >= 15 is 0 Å². The first-order valence-electron chi connectivity index (χ1n) is 9.50. The number of rotatable bonds is 4. The second-order valence-electron chi connectivity index (χ2n) is 7.15. The zero-order valence-corrected chi connectivity index (χ0v) is 17.1. The van der Waals surface area contributed by atoms with Crippen LogP contribution in [-0.2, 0) is 10.3 Å². The maximum Gasteiger partial charge on any atom is 0.425 e. The van der Waals surface area contributed by atoms with E-state index in [9.17, 15) is 36.7 Å². The van der Waals surface area contributed by atoms with E-state index in [0.29, 0.717) is 4.57 Å². The number of benzene rings is 2. The third-order valence-electron chi connectivity index (χ3n) is 5.22. The largest absolute Gasteiger partial charge is 0.496 e. The van der Waals surface area contributed by atoms with Crippen molar-refractivity contribution in [1.29, 1.82) is 0 Å². The number of aromatic nitrogens is 2. The molecule has 0 radical (unpaired) electrons. The summed E-state index contributed by atoms with van der Waals surface area (Å²) in [6.45, 7) is 0. The number of para-hydroxylation sites is 1. The molecule has 2 amide bonds. The second-order valence-corrected chi connectivity index (χ2v) is 7.15. The number of hydrogen-bond donors (Lipinski definition) is 3. The van der Waals surface area contributed by atoms with Gasteiger partial charge in [-0.2, -0.15) is 13.2 Å². The predicted octanol–water partition coefficient (Wildman–Crippen LogP) is 1.81. The van der Waals surface area contributed by atoms with Crippen LogP contribution in [0.4, 0.5) is 23.4 Å². The summed E-state index contributed by atoms with van der Waals surface area (Å²) in [5.41, 5.74) is -8.31. The first kappa shape index (κ1) is 22.8. The maximum absolute atomic E-state index is 14.5. The van der Waals surface area contributed by atoms with Gasteiger partial charge in [-0.15, -0.1) is 0 Å². The number of nitrogens with one attached hydrogen (secondary N) is 3. The van der Waals surface area contributed by atoms with Crippen LogP contribution >= 0.6 is 0 Å². The van der Waals surface area contributed by atoms with Crippen molar-refractivity contribution < 1.29 is 31.9 Å². The predicted molar refractivity (Wildman–Crippen MR) is 109 cm³/mol. The number of carbonyl (C=O) groups excluding carboxylic acids is 2. The van der Waals surface area contributed by atoms with Gasteiger partial charge in [-0.25, -0.2) is 13.8 Å². The Bertz CT molecular complexity index is 1430. The van der Waals surface area contributed by atoms with Crippen molar-refractivity contribution in [2.75, 3.05) is 12.4 Å². The number of amides is 2. The molecule has 176 valence electrons. The van der Waals surface area contributed by atoms with Crippen LogP contribution in [0.3, 0.4) is 0 Å². The van der Waals surface area contributed by atoms with Crippen LogP contribution < -0.4 is 26.6 Å². The summed E-state index contributed by atoms with van der Waals surface area (Å²) in [5, 5.41) is 3.51. The quantitative estimate of drug-likeness (QED) is 0.494. The molecule has 13 heteroatoms. The Morgan fingerprint density at radius 1 is 1.06 bits per heavy atom. The van der Waals surface area contributed by atoms with Crippen LogP contribution in [0.15, 0.2) is 58.1 Å². The lowest BCUT2D eigenvalue weighted by Crippen LogP contribution is -2.62.